The summed E-state index contributed by atoms with van der Waals surface area (Å²) in [7, 11) is 4.38. The third-order valence-electron chi connectivity index (χ3n) is 4.75. The SMILES string of the molecule is CCC(C)C1CCC(CC(C)CN(C)C)CC1. The van der Waals surface area contributed by atoms with Crippen molar-refractivity contribution in [2.45, 2.75) is 59.3 Å². The van der Waals surface area contributed by atoms with E-state index in [1.807, 2.05) is 0 Å². The predicted molar refractivity (Wildman–Crippen MR) is 77.2 cm³/mol. The molecule has 1 heteroatoms. The Kier molecular flexibility index (Phi) is 6.54. The Morgan fingerprint density at radius 3 is 2.12 bits per heavy atom. The summed E-state index contributed by atoms with van der Waals surface area (Å²) >= 11 is 0. The minimum Gasteiger partial charge on any atom is -0.309 e. The lowest BCUT2D eigenvalue weighted by atomic mass is 9.73. The summed E-state index contributed by atoms with van der Waals surface area (Å²) in [6.07, 6.45) is 8.79. The Morgan fingerprint density at radius 1 is 1.06 bits per heavy atom. The van der Waals surface area contributed by atoms with E-state index in [-0.39, 0.29) is 0 Å². The lowest BCUT2D eigenvalue weighted by Gasteiger charge is -2.33. The van der Waals surface area contributed by atoms with Crippen molar-refractivity contribution in [2.75, 3.05) is 20.6 Å². The second-order valence-electron chi connectivity index (χ2n) is 6.77. The molecule has 0 aromatic rings. The molecule has 1 fully saturated rings. The summed E-state index contributed by atoms with van der Waals surface area (Å²) in [6.45, 7) is 8.46. The summed E-state index contributed by atoms with van der Waals surface area (Å²) in [5.41, 5.74) is 0. The summed E-state index contributed by atoms with van der Waals surface area (Å²) in [5.74, 6) is 3.87. The number of rotatable bonds is 6. The van der Waals surface area contributed by atoms with E-state index in [2.05, 4.69) is 39.8 Å². The van der Waals surface area contributed by atoms with Gasteiger partial charge in [-0.05, 0) is 57.0 Å². The Hall–Kier alpha value is -0.0400. The zero-order chi connectivity index (χ0) is 12.8. The molecule has 0 heterocycles. The van der Waals surface area contributed by atoms with Gasteiger partial charge in [-0.1, -0.05) is 40.0 Å². The van der Waals surface area contributed by atoms with Crippen molar-refractivity contribution in [1.29, 1.82) is 0 Å². The minimum absolute atomic E-state index is 0.871. The molecule has 2 atom stereocenters. The molecule has 1 aliphatic carbocycles. The van der Waals surface area contributed by atoms with Gasteiger partial charge in [-0.25, -0.2) is 0 Å². The molecule has 0 amide bonds. The highest BCUT2D eigenvalue weighted by Gasteiger charge is 2.25. The Morgan fingerprint density at radius 2 is 1.65 bits per heavy atom. The smallest absolute Gasteiger partial charge is 0.000102 e. The molecule has 0 aliphatic heterocycles. The maximum Gasteiger partial charge on any atom is 0.000102 e. The van der Waals surface area contributed by atoms with Crippen LogP contribution in [0.1, 0.15) is 59.3 Å². The van der Waals surface area contributed by atoms with Crippen LogP contribution in [-0.2, 0) is 0 Å². The summed E-state index contributed by atoms with van der Waals surface area (Å²) in [4.78, 5) is 2.33. The lowest BCUT2D eigenvalue weighted by Crippen LogP contribution is -2.25. The van der Waals surface area contributed by atoms with Gasteiger partial charge in [-0.3, -0.25) is 0 Å². The average Bonchev–Trinajstić information content (AvgIpc) is 2.28. The van der Waals surface area contributed by atoms with Gasteiger partial charge in [0.05, 0.1) is 0 Å². The maximum absolute atomic E-state index is 2.44. The molecule has 1 aliphatic rings. The van der Waals surface area contributed by atoms with E-state index in [4.69, 9.17) is 0 Å². The topological polar surface area (TPSA) is 3.24 Å². The van der Waals surface area contributed by atoms with E-state index in [0.717, 1.165) is 23.7 Å². The van der Waals surface area contributed by atoms with Crippen LogP contribution < -0.4 is 0 Å². The molecule has 0 aromatic carbocycles. The fourth-order valence-corrected chi connectivity index (χ4v) is 3.59. The largest absolute Gasteiger partial charge is 0.309 e. The van der Waals surface area contributed by atoms with Crippen LogP contribution >= 0.6 is 0 Å². The second kappa shape index (κ2) is 7.41. The van der Waals surface area contributed by atoms with Crippen LogP contribution in [0.25, 0.3) is 0 Å². The third-order valence-corrected chi connectivity index (χ3v) is 4.75. The van der Waals surface area contributed by atoms with E-state index in [1.165, 1.54) is 45.1 Å². The first kappa shape index (κ1) is 15.0. The van der Waals surface area contributed by atoms with Crippen LogP contribution in [0.3, 0.4) is 0 Å². The molecular weight excluding hydrogens is 206 g/mol. The number of hydrogen-bond acceptors (Lipinski definition) is 1. The quantitative estimate of drug-likeness (QED) is 0.663. The van der Waals surface area contributed by atoms with Crippen molar-refractivity contribution in [3.63, 3.8) is 0 Å². The van der Waals surface area contributed by atoms with Crippen LogP contribution in [0.2, 0.25) is 0 Å². The predicted octanol–water partition coefficient (Wildman–Crippen LogP) is 4.43. The monoisotopic (exact) mass is 239 g/mol. The standard InChI is InChI=1S/C16H33N/c1-6-14(3)16-9-7-15(8-10-16)11-13(2)12-17(4)5/h13-16H,6-12H2,1-5H3. The molecule has 1 nitrogen and oxygen atoms in total. The molecular formula is C16H33N. The van der Waals surface area contributed by atoms with Gasteiger partial charge >= 0.3 is 0 Å². The summed E-state index contributed by atoms with van der Waals surface area (Å²) < 4.78 is 0. The van der Waals surface area contributed by atoms with Gasteiger partial charge in [0, 0.05) is 6.54 Å². The van der Waals surface area contributed by atoms with Crippen LogP contribution in [0.15, 0.2) is 0 Å². The van der Waals surface area contributed by atoms with Crippen molar-refractivity contribution in [3.05, 3.63) is 0 Å². The highest BCUT2D eigenvalue weighted by Crippen LogP contribution is 2.37. The molecule has 0 spiro atoms. The van der Waals surface area contributed by atoms with Crippen molar-refractivity contribution in [2.24, 2.45) is 23.7 Å². The molecule has 2 unspecified atom stereocenters. The number of hydrogen-bond donors (Lipinski definition) is 0. The Bertz CT molecular complexity index is 192. The van der Waals surface area contributed by atoms with E-state index in [1.54, 1.807) is 0 Å². The number of nitrogens with zero attached hydrogens (tertiary/aromatic N) is 1. The van der Waals surface area contributed by atoms with Crippen LogP contribution in [0.5, 0.6) is 0 Å². The molecule has 0 saturated heterocycles. The van der Waals surface area contributed by atoms with Crippen molar-refractivity contribution >= 4 is 0 Å². The van der Waals surface area contributed by atoms with Gasteiger partial charge in [-0.15, -0.1) is 0 Å². The summed E-state index contributed by atoms with van der Waals surface area (Å²) in [6, 6.07) is 0. The van der Waals surface area contributed by atoms with E-state index < -0.39 is 0 Å². The highest BCUT2D eigenvalue weighted by atomic mass is 15.1. The lowest BCUT2D eigenvalue weighted by molar-refractivity contribution is 0.183. The van der Waals surface area contributed by atoms with E-state index in [9.17, 15) is 0 Å². The normalized spacial score (nSPS) is 29.3. The second-order valence-corrected chi connectivity index (χ2v) is 6.77. The first-order valence-electron chi connectivity index (χ1n) is 7.67. The summed E-state index contributed by atoms with van der Waals surface area (Å²) in [5, 5.41) is 0. The average molecular weight is 239 g/mol. The van der Waals surface area contributed by atoms with E-state index >= 15 is 0 Å². The maximum atomic E-state index is 2.44. The zero-order valence-corrected chi connectivity index (χ0v) is 12.7. The molecule has 0 N–H and O–H groups in total. The van der Waals surface area contributed by atoms with Gasteiger partial charge in [0.25, 0.3) is 0 Å². The first-order valence-corrected chi connectivity index (χ1v) is 7.67. The first-order chi connectivity index (χ1) is 8.02. The molecule has 0 aromatic heterocycles. The molecule has 0 radical (unpaired) electrons. The molecule has 1 saturated carbocycles. The van der Waals surface area contributed by atoms with Crippen LogP contribution in [-0.4, -0.2) is 25.5 Å². The van der Waals surface area contributed by atoms with Crippen LogP contribution in [0, 0.1) is 23.7 Å². The third kappa shape index (κ3) is 5.42. The van der Waals surface area contributed by atoms with Gasteiger partial charge in [0.1, 0.15) is 0 Å². The molecule has 102 valence electrons. The van der Waals surface area contributed by atoms with Crippen molar-refractivity contribution < 1.29 is 0 Å². The molecule has 0 bridgehead atoms. The fraction of sp³-hybridized carbons (Fsp3) is 1.00. The highest BCUT2D eigenvalue weighted by molar-refractivity contribution is 4.77. The molecule has 17 heavy (non-hydrogen) atoms. The van der Waals surface area contributed by atoms with E-state index in [0.29, 0.717) is 0 Å². The Balaban J connectivity index is 2.23. The van der Waals surface area contributed by atoms with Crippen LogP contribution in [0.4, 0.5) is 0 Å². The van der Waals surface area contributed by atoms with Crippen molar-refractivity contribution in [1.82, 2.24) is 4.90 Å². The van der Waals surface area contributed by atoms with Gasteiger partial charge in [0.15, 0.2) is 0 Å². The van der Waals surface area contributed by atoms with Gasteiger partial charge in [-0.2, -0.15) is 0 Å². The zero-order valence-electron chi connectivity index (χ0n) is 12.7. The molecule has 1 rings (SSSR count). The fourth-order valence-electron chi connectivity index (χ4n) is 3.59. The van der Waals surface area contributed by atoms with Gasteiger partial charge < -0.3 is 4.90 Å². The minimum atomic E-state index is 0.871. The van der Waals surface area contributed by atoms with Gasteiger partial charge in [0.2, 0.25) is 0 Å². The van der Waals surface area contributed by atoms with Crippen molar-refractivity contribution in [3.8, 4) is 0 Å². The Labute approximate surface area is 109 Å².